The molecule has 0 N–H and O–H groups in total. The summed E-state index contributed by atoms with van der Waals surface area (Å²) in [5.41, 5.74) is 1.70. The molecule has 0 fully saturated rings. The van der Waals surface area contributed by atoms with Crippen molar-refractivity contribution in [2.24, 2.45) is 5.92 Å². The van der Waals surface area contributed by atoms with Gasteiger partial charge in [0.15, 0.2) is 5.78 Å². The largest absolute Gasteiger partial charge is 0.466 e. The van der Waals surface area contributed by atoms with Crippen molar-refractivity contribution in [1.82, 2.24) is 0 Å². The molecule has 1 aromatic rings. The third kappa shape index (κ3) is 3.10. The summed E-state index contributed by atoms with van der Waals surface area (Å²) in [6, 6.07) is 7.28. The average Bonchev–Trinajstić information content (AvgIpc) is 2.38. The van der Waals surface area contributed by atoms with Crippen LogP contribution >= 0.6 is 11.6 Å². The molecule has 0 saturated heterocycles. The Hall–Kier alpha value is -1.61. The number of carbonyl (C=O) groups is 2. The van der Waals surface area contributed by atoms with Crippen LogP contribution < -0.4 is 0 Å². The molecule has 1 aromatic carbocycles. The van der Waals surface area contributed by atoms with Gasteiger partial charge < -0.3 is 4.74 Å². The van der Waals surface area contributed by atoms with Gasteiger partial charge in [-0.05, 0) is 37.6 Å². The second kappa shape index (κ2) is 6.23. The molecule has 2 atom stereocenters. The molecule has 0 radical (unpaired) electrons. The minimum atomic E-state index is -0.395. The fourth-order valence-corrected chi connectivity index (χ4v) is 2.78. The Labute approximate surface area is 123 Å². The SMILES string of the molecule is CCOC(=O)C1C(C)=CC(=O)CC1c1ccc(Cl)cc1. The Balaban J connectivity index is 2.37. The zero-order valence-corrected chi connectivity index (χ0v) is 12.3. The monoisotopic (exact) mass is 292 g/mol. The molecule has 1 aliphatic carbocycles. The van der Waals surface area contributed by atoms with E-state index in [9.17, 15) is 9.59 Å². The van der Waals surface area contributed by atoms with Crippen molar-refractivity contribution in [3.63, 3.8) is 0 Å². The van der Waals surface area contributed by atoms with Gasteiger partial charge in [0.25, 0.3) is 0 Å². The summed E-state index contributed by atoms with van der Waals surface area (Å²) >= 11 is 5.89. The first-order valence-corrected chi connectivity index (χ1v) is 7.03. The highest BCUT2D eigenvalue weighted by Gasteiger charge is 2.36. The van der Waals surface area contributed by atoms with E-state index in [4.69, 9.17) is 16.3 Å². The van der Waals surface area contributed by atoms with Gasteiger partial charge in [-0.3, -0.25) is 9.59 Å². The molecule has 0 aromatic heterocycles. The number of carbonyl (C=O) groups excluding carboxylic acids is 2. The van der Waals surface area contributed by atoms with Crippen LogP contribution in [-0.2, 0) is 14.3 Å². The van der Waals surface area contributed by atoms with Crippen molar-refractivity contribution < 1.29 is 14.3 Å². The molecular formula is C16H17ClO3. The fourth-order valence-electron chi connectivity index (χ4n) is 2.66. The molecule has 4 heteroatoms. The summed E-state index contributed by atoms with van der Waals surface area (Å²) in [5.74, 6) is -0.797. The van der Waals surface area contributed by atoms with Gasteiger partial charge in [0.2, 0.25) is 0 Å². The van der Waals surface area contributed by atoms with Crippen molar-refractivity contribution in [3.8, 4) is 0 Å². The maximum atomic E-state index is 12.2. The molecule has 2 unspecified atom stereocenters. The molecule has 0 aliphatic heterocycles. The van der Waals surface area contributed by atoms with Gasteiger partial charge in [0.1, 0.15) is 0 Å². The normalized spacial score (nSPS) is 22.4. The summed E-state index contributed by atoms with van der Waals surface area (Å²) in [5, 5.41) is 0.635. The van der Waals surface area contributed by atoms with E-state index < -0.39 is 5.92 Å². The molecule has 1 aliphatic rings. The molecule has 106 valence electrons. The Bertz CT molecular complexity index is 545. The second-order valence-corrected chi connectivity index (χ2v) is 5.38. The first kappa shape index (κ1) is 14.8. The number of hydrogen-bond donors (Lipinski definition) is 0. The van der Waals surface area contributed by atoms with Crippen molar-refractivity contribution >= 4 is 23.4 Å². The molecule has 0 amide bonds. The van der Waals surface area contributed by atoms with E-state index in [2.05, 4.69) is 0 Å². The Morgan fingerprint density at radius 3 is 2.60 bits per heavy atom. The van der Waals surface area contributed by atoms with Crippen LogP contribution in [-0.4, -0.2) is 18.4 Å². The summed E-state index contributed by atoms with van der Waals surface area (Å²) in [4.78, 5) is 24.0. The first-order chi connectivity index (χ1) is 9.52. The molecule has 0 heterocycles. The van der Waals surface area contributed by atoms with E-state index in [1.165, 1.54) is 0 Å². The first-order valence-electron chi connectivity index (χ1n) is 6.66. The quantitative estimate of drug-likeness (QED) is 0.801. The Morgan fingerprint density at radius 1 is 1.35 bits per heavy atom. The predicted molar refractivity (Wildman–Crippen MR) is 77.7 cm³/mol. The van der Waals surface area contributed by atoms with Gasteiger partial charge in [-0.1, -0.05) is 29.3 Å². The molecule has 20 heavy (non-hydrogen) atoms. The van der Waals surface area contributed by atoms with Gasteiger partial charge in [0, 0.05) is 17.4 Å². The lowest BCUT2D eigenvalue weighted by molar-refractivity contribution is -0.147. The van der Waals surface area contributed by atoms with Gasteiger partial charge >= 0.3 is 5.97 Å². The number of benzene rings is 1. The highest BCUT2D eigenvalue weighted by Crippen LogP contribution is 2.38. The standard InChI is InChI=1S/C16H17ClO3/c1-3-20-16(19)15-10(2)8-13(18)9-14(15)11-4-6-12(17)7-5-11/h4-8,14-15H,3,9H2,1-2H3. The lowest BCUT2D eigenvalue weighted by Gasteiger charge is -2.29. The number of ketones is 1. The van der Waals surface area contributed by atoms with Crippen LogP contribution in [0.2, 0.25) is 5.02 Å². The molecule has 0 bridgehead atoms. The topological polar surface area (TPSA) is 43.4 Å². The Morgan fingerprint density at radius 2 is 2.00 bits per heavy atom. The number of allylic oxidation sites excluding steroid dienone is 1. The second-order valence-electron chi connectivity index (χ2n) is 4.95. The van der Waals surface area contributed by atoms with Crippen LogP contribution in [0.5, 0.6) is 0 Å². The molecular weight excluding hydrogens is 276 g/mol. The summed E-state index contributed by atoms with van der Waals surface area (Å²) in [6.45, 7) is 3.92. The lowest BCUT2D eigenvalue weighted by Crippen LogP contribution is -2.30. The summed E-state index contributed by atoms with van der Waals surface area (Å²) in [7, 11) is 0. The summed E-state index contributed by atoms with van der Waals surface area (Å²) < 4.78 is 5.15. The fraction of sp³-hybridized carbons (Fsp3) is 0.375. The molecule has 2 rings (SSSR count). The predicted octanol–water partition coefficient (Wildman–Crippen LogP) is 3.52. The zero-order chi connectivity index (χ0) is 14.7. The van der Waals surface area contributed by atoms with E-state index in [1.807, 2.05) is 19.1 Å². The zero-order valence-electron chi connectivity index (χ0n) is 11.6. The van der Waals surface area contributed by atoms with Gasteiger partial charge in [-0.15, -0.1) is 0 Å². The molecule has 0 spiro atoms. The third-order valence-corrected chi connectivity index (χ3v) is 3.79. The minimum absolute atomic E-state index is 0.0444. The highest BCUT2D eigenvalue weighted by molar-refractivity contribution is 6.30. The summed E-state index contributed by atoms with van der Waals surface area (Å²) in [6.07, 6.45) is 1.87. The number of hydrogen-bond acceptors (Lipinski definition) is 3. The smallest absolute Gasteiger partial charge is 0.313 e. The van der Waals surface area contributed by atoms with Crippen LogP contribution in [0.25, 0.3) is 0 Å². The van der Waals surface area contributed by atoms with Gasteiger partial charge in [-0.25, -0.2) is 0 Å². The van der Waals surface area contributed by atoms with Crippen molar-refractivity contribution in [2.75, 3.05) is 6.61 Å². The lowest BCUT2D eigenvalue weighted by atomic mass is 9.75. The van der Waals surface area contributed by atoms with E-state index in [1.54, 1.807) is 25.1 Å². The third-order valence-electron chi connectivity index (χ3n) is 3.54. The van der Waals surface area contributed by atoms with Crippen LogP contribution in [0.3, 0.4) is 0 Å². The maximum Gasteiger partial charge on any atom is 0.313 e. The Kier molecular flexibility index (Phi) is 4.61. The van der Waals surface area contributed by atoms with Crippen LogP contribution in [0.15, 0.2) is 35.9 Å². The van der Waals surface area contributed by atoms with Crippen molar-refractivity contribution in [2.45, 2.75) is 26.2 Å². The number of rotatable bonds is 3. The highest BCUT2D eigenvalue weighted by atomic mass is 35.5. The van der Waals surface area contributed by atoms with E-state index in [0.717, 1.165) is 11.1 Å². The number of ether oxygens (including phenoxy) is 1. The number of halogens is 1. The van der Waals surface area contributed by atoms with Crippen LogP contribution in [0, 0.1) is 5.92 Å². The maximum absolute atomic E-state index is 12.2. The van der Waals surface area contributed by atoms with E-state index in [-0.39, 0.29) is 17.7 Å². The van der Waals surface area contributed by atoms with Gasteiger partial charge in [0.05, 0.1) is 12.5 Å². The molecule has 3 nitrogen and oxygen atoms in total. The van der Waals surface area contributed by atoms with Crippen LogP contribution in [0.4, 0.5) is 0 Å². The van der Waals surface area contributed by atoms with Crippen molar-refractivity contribution in [1.29, 1.82) is 0 Å². The van der Waals surface area contributed by atoms with Crippen LogP contribution in [0.1, 0.15) is 31.7 Å². The molecule has 0 saturated carbocycles. The average molecular weight is 293 g/mol. The minimum Gasteiger partial charge on any atom is -0.466 e. The van der Waals surface area contributed by atoms with Crippen molar-refractivity contribution in [3.05, 3.63) is 46.5 Å². The van der Waals surface area contributed by atoms with E-state index in [0.29, 0.717) is 18.1 Å². The van der Waals surface area contributed by atoms with E-state index >= 15 is 0 Å². The van der Waals surface area contributed by atoms with Gasteiger partial charge in [-0.2, -0.15) is 0 Å². The number of esters is 1.